The number of ether oxygens (including phenoxy) is 3. The number of aromatic nitrogens is 1. The van der Waals surface area contributed by atoms with Crippen molar-refractivity contribution < 1.29 is 18.6 Å². The molecule has 142 valence electrons. The van der Waals surface area contributed by atoms with E-state index >= 15 is 0 Å². The van der Waals surface area contributed by atoms with Crippen molar-refractivity contribution in [1.82, 2.24) is 4.57 Å². The summed E-state index contributed by atoms with van der Waals surface area (Å²) in [6.07, 6.45) is 1.89. The summed E-state index contributed by atoms with van der Waals surface area (Å²) >= 11 is 6.07. The molecule has 1 aromatic heterocycles. The van der Waals surface area contributed by atoms with E-state index in [-0.39, 0.29) is 11.8 Å². The van der Waals surface area contributed by atoms with Gasteiger partial charge in [-0.3, -0.25) is 0 Å². The Morgan fingerprint density at radius 1 is 1.19 bits per heavy atom. The summed E-state index contributed by atoms with van der Waals surface area (Å²) in [4.78, 5) is 0. The zero-order valence-electron chi connectivity index (χ0n) is 15.1. The van der Waals surface area contributed by atoms with Crippen LogP contribution in [0.5, 0.6) is 5.75 Å². The Morgan fingerprint density at radius 3 is 2.74 bits per heavy atom. The van der Waals surface area contributed by atoms with Crippen LogP contribution in [0.25, 0.3) is 16.6 Å². The summed E-state index contributed by atoms with van der Waals surface area (Å²) in [6, 6.07) is 12.9. The molecule has 0 saturated carbocycles. The highest BCUT2D eigenvalue weighted by Gasteiger charge is 2.23. The Kier molecular flexibility index (Phi) is 5.34. The number of nitrogens with zero attached hydrogens (tertiary/aromatic N) is 1. The molecule has 0 N–H and O–H groups in total. The van der Waals surface area contributed by atoms with Crippen molar-refractivity contribution in [2.45, 2.75) is 18.8 Å². The van der Waals surface area contributed by atoms with Gasteiger partial charge in [0.15, 0.2) is 6.79 Å². The van der Waals surface area contributed by atoms with Crippen molar-refractivity contribution in [1.29, 1.82) is 0 Å². The number of fused-ring (bicyclic) bond motifs is 1. The Balaban J connectivity index is 1.91. The third-order valence-corrected chi connectivity index (χ3v) is 5.26. The first-order chi connectivity index (χ1) is 13.2. The zero-order chi connectivity index (χ0) is 18.8. The highest BCUT2D eigenvalue weighted by Crippen LogP contribution is 2.38. The molecule has 0 amide bonds. The molecule has 1 aliphatic heterocycles. The molecule has 4 nitrogen and oxygen atoms in total. The van der Waals surface area contributed by atoms with E-state index in [2.05, 4.69) is 10.6 Å². The number of methoxy groups -OCH3 is 1. The van der Waals surface area contributed by atoms with Crippen molar-refractivity contribution in [2.24, 2.45) is 0 Å². The Morgan fingerprint density at radius 2 is 2.00 bits per heavy atom. The molecule has 2 heterocycles. The van der Waals surface area contributed by atoms with Crippen LogP contribution in [-0.2, 0) is 9.47 Å². The molecule has 27 heavy (non-hydrogen) atoms. The Labute approximate surface area is 162 Å². The number of hydrogen-bond donors (Lipinski definition) is 0. The van der Waals surface area contributed by atoms with Crippen LogP contribution in [0.3, 0.4) is 0 Å². The van der Waals surface area contributed by atoms with Crippen LogP contribution in [0.2, 0.25) is 5.02 Å². The smallest absolute Gasteiger partial charge is 0.188 e. The van der Waals surface area contributed by atoms with Gasteiger partial charge in [-0.05, 0) is 49.2 Å². The lowest BCUT2D eigenvalue weighted by molar-refractivity contribution is 0.0522. The highest BCUT2D eigenvalue weighted by atomic mass is 35.5. The highest BCUT2D eigenvalue weighted by molar-refractivity contribution is 6.30. The van der Waals surface area contributed by atoms with Crippen molar-refractivity contribution in [3.05, 3.63) is 59.0 Å². The molecule has 2 aromatic carbocycles. The molecular formula is C21H21ClFNO3. The van der Waals surface area contributed by atoms with Gasteiger partial charge in [0.2, 0.25) is 0 Å². The van der Waals surface area contributed by atoms with Gasteiger partial charge in [0.05, 0.1) is 10.5 Å². The molecule has 0 atom stereocenters. The summed E-state index contributed by atoms with van der Waals surface area (Å²) in [5.41, 5.74) is 2.99. The van der Waals surface area contributed by atoms with Gasteiger partial charge in [0, 0.05) is 43.0 Å². The molecule has 1 fully saturated rings. The van der Waals surface area contributed by atoms with Crippen molar-refractivity contribution in [2.75, 3.05) is 27.1 Å². The topological polar surface area (TPSA) is 32.6 Å². The van der Waals surface area contributed by atoms with E-state index in [0.717, 1.165) is 54.1 Å². The maximum absolute atomic E-state index is 13.7. The zero-order valence-corrected chi connectivity index (χ0v) is 15.8. The summed E-state index contributed by atoms with van der Waals surface area (Å²) < 4.78 is 32.2. The normalized spacial score (nSPS) is 15.4. The number of rotatable bonds is 5. The molecule has 0 unspecified atom stereocenters. The molecular weight excluding hydrogens is 369 g/mol. The fourth-order valence-corrected chi connectivity index (χ4v) is 3.85. The van der Waals surface area contributed by atoms with Gasteiger partial charge in [0.1, 0.15) is 11.6 Å². The number of halogens is 2. The van der Waals surface area contributed by atoms with Gasteiger partial charge < -0.3 is 18.8 Å². The monoisotopic (exact) mass is 389 g/mol. The van der Waals surface area contributed by atoms with Crippen molar-refractivity contribution in [3.63, 3.8) is 0 Å². The largest absolute Gasteiger partial charge is 0.467 e. The molecule has 0 spiro atoms. The third-order valence-electron chi connectivity index (χ3n) is 4.97. The maximum atomic E-state index is 13.7. The molecule has 1 saturated heterocycles. The first-order valence-corrected chi connectivity index (χ1v) is 9.36. The quantitative estimate of drug-likeness (QED) is 0.555. The second-order valence-electron chi connectivity index (χ2n) is 6.63. The van der Waals surface area contributed by atoms with Crippen LogP contribution in [0.4, 0.5) is 4.39 Å². The predicted octanol–water partition coefficient (Wildman–Crippen LogP) is 5.30. The molecule has 0 radical (unpaired) electrons. The lowest BCUT2D eigenvalue weighted by atomic mass is 9.96. The van der Waals surface area contributed by atoms with Gasteiger partial charge in [-0.25, -0.2) is 4.39 Å². The van der Waals surface area contributed by atoms with E-state index in [4.69, 9.17) is 25.8 Å². The average molecular weight is 390 g/mol. The summed E-state index contributed by atoms with van der Waals surface area (Å²) in [7, 11) is 1.60. The van der Waals surface area contributed by atoms with E-state index < -0.39 is 5.82 Å². The van der Waals surface area contributed by atoms with E-state index in [9.17, 15) is 4.39 Å². The second kappa shape index (κ2) is 7.89. The van der Waals surface area contributed by atoms with Crippen molar-refractivity contribution >= 4 is 22.5 Å². The molecule has 0 aliphatic carbocycles. The second-order valence-corrected chi connectivity index (χ2v) is 7.04. The summed E-state index contributed by atoms with van der Waals surface area (Å²) in [5.74, 6) is 0.688. The van der Waals surface area contributed by atoms with E-state index in [1.807, 2.05) is 18.2 Å². The standard InChI is InChI=1S/C21H21ClFNO3/c1-25-13-27-21-4-2-3-19-16(21)12-20(14-7-9-26-10-8-14)24(19)15-5-6-18(23)17(22)11-15/h2-6,11-12,14H,7-10,13H2,1H3. The first-order valence-electron chi connectivity index (χ1n) is 8.98. The van der Waals surface area contributed by atoms with E-state index in [0.29, 0.717) is 5.92 Å². The van der Waals surface area contributed by atoms with Gasteiger partial charge in [-0.2, -0.15) is 0 Å². The fraction of sp³-hybridized carbons (Fsp3) is 0.333. The summed E-state index contributed by atoms with van der Waals surface area (Å²) in [5, 5.41) is 1.11. The van der Waals surface area contributed by atoms with Gasteiger partial charge in [-0.1, -0.05) is 17.7 Å². The van der Waals surface area contributed by atoms with Crippen LogP contribution in [0.15, 0.2) is 42.5 Å². The molecule has 4 rings (SSSR count). The number of benzene rings is 2. The number of hydrogen-bond acceptors (Lipinski definition) is 3. The third kappa shape index (κ3) is 3.55. The molecule has 1 aliphatic rings. The van der Waals surface area contributed by atoms with Crippen molar-refractivity contribution in [3.8, 4) is 11.4 Å². The van der Waals surface area contributed by atoms with Gasteiger partial charge >= 0.3 is 0 Å². The maximum Gasteiger partial charge on any atom is 0.188 e. The summed E-state index contributed by atoms with van der Waals surface area (Å²) in [6.45, 7) is 1.66. The van der Waals surface area contributed by atoms with Crippen LogP contribution in [-0.4, -0.2) is 31.7 Å². The van der Waals surface area contributed by atoms with Crippen LogP contribution < -0.4 is 4.74 Å². The molecule has 3 aromatic rings. The first kappa shape index (κ1) is 18.3. The lowest BCUT2D eigenvalue weighted by Gasteiger charge is -2.24. The average Bonchev–Trinajstić information content (AvgIpc) is 3.09. The Bertz CT molecular complexity index is 950. The minimum Gasteiger partial charge on any atom is -0.467 e. The van der Waals surface area contributed by atoms with E-state index in [1.165, 1.54) is 6.07 Å². The van der Waals surface area contributed by atoms with E-state index in [1.54, 1.807) is 19.2 Å². The molecule has 6 heteroatoms. The van der Waals surface area contributed by atoms with Gasteiger partial charge in [-0.15, -0.1) is 0 Å². The van der Waals surface area contributed by atoms with Crippen LogP contribution >= 0.6 is 11.6 Å². The van der Waals surface area contributed by atoms with Crippen LogP contribution in [0.1, 0.15) is 24.5 Å². The lowest BCUT2D eigenvalue weighted by Crippen LogP contribution is -2.16. The Hall–Kier alpha value is -2.08. The van der Waals surface area contributed by atoms with Gasteiger partial charge in [0.25, 0.3) is 0 Å². The predicted molar refractivity (Wildman–Crippen MR) is 104 cm³/mol. The minimum absolute atomic E-state index is 0.110. The SMILES string of the molecule is COCOc1cccc2c1cc(C1CCOCC1)n2-c1ccc(F)c(Cl)c1. The fourth-order valence-electron chi connectivity index (χ4n) is 3.68. The molecule has 0 bridgehead atoms. The van der Waals surface area contributed by atoms with Crippen LogP contribution in [0, 0.1) is 5.82 Å². The minimum atomic E-state index is -0.423.